The zero-order valence-corrected chi connectivity index (χ0v) is 15.9. The first-order valence-electron chi connectivity index (χ1n) is 8.75. The topological polar surface area (TPSA) is 70.1 Å². The van der Waals surface area contributed by atoms with Crippen molar-refractivity contribution < 1.29 is 4.79 Å². The third-order valence-corrected chi connectivity index (χ3v) is 4.66. The number of fused-ring (bicyclic) bond motifs is 1. The summed E-state index contributed by atoms with van der Waals surface area (Å²) in [6.07, 6.45) is 1.61. The van der Waals surface area contributed by atoms with Crippen LogP contribution in [0.5, 0.6) is 0 Å². The molecule has 0 radical (unpaired) electrons. The molecule has 6 heteroatoms. The Bertz CT molecular complexity index is 1180. The Morgan fingerprint density at radius 3 is 2.68 bits per heavy atom. The second-order valence-electron chi connectivity index (χ2n) is 6.41. The van der Waals surface area contributed by atoms with Crippen molar-refractivity contribution >= 4 is 34.8 Å². The SMILES string of the molecule is Cc1ccc(/C=N/NC(=O)c2ccc3nc(-c4ccccc4Cl)[nH]c3c2)cc1. The smallest absolute Gasteiger partial charge is 0.271 e. The highest BCUT2D eigenvalue weighted by Crippen LogP contribution is 2.27. The van der Waals surface area contributed by atoms with Crippen LogP contribution in [0.2, 0.25) is 5.02 Å². The van der Waals surface area contributed by atoms with Crippen LogP contribution >= 0.6 is 11.6 Å². The van der Waals surface area contributed by atoms with E-state index in [1.807, 2.05) is 55.5 Å². The lowest BCUT2D eigenvalue weighted by atomic mass is 10.2. The monoisotopic (exact) mass is 388 g/mol. The number of aromatic amines is 1. The Hall–Kier alpha value is -3.44. The summed E-state index contributed by atoms with van der Waals surface area (Å²) < 4.78 is 0. The lowest BCUT2D eigenvalue weighted by Gasteiger charge is -2.00. The van der Waals surface area contributed by atoms with Crippen molar-refractivity contribution in [2.45, 2.75) is 6.92 Å². The zero-order chi connectivity index (χ0) is 19.5. The summed E-state index contributed by atoms with van der Waals surface area (Å²) in [6.45, 7) is 2.02. The lowest BCUT2D eigenvalue weighted by Crippen LogP contribution is -2.17. The molecule has 1 amide bonds. The molecule has 0 aliphatic rings. The van der Waals surface area contributed by atoms with E-state index < -0.39 is 0 Å². The predicted molar refractivity (Wildman–Crippen MR) is 113 cm³/mol. The molecule has 138 valence electrons. The van der Waals surface area contributed by atoms with Crippen LogP contribution in [0.15, 0.2) is 71.8 Å². The maximum Gasteiger partial charge on any atom is 0.271 e. The fraction of sp³-hybridized carbons (Fsp3) is 0.0455. The Morgan fingerprint density at radius 1 is 1.11 bits per heavy atom. The van der Waals surface area contributed by atoms with E-state index in [4.69, 9.17) is 11.6 Å². The van der Waals surface area contributed by atoms with E-state index in [0.29, 0.717) is 16.4 Å². The van der Waals surface area contributed by atoms with Crippen LogP contribution in [-0.2, 0) is 0 Å². The molecule has 0 saturated heterocycles. The molecule has 0 saturated carbocycles. The molecule has 28 heavy (non-hydrogen) atoms. The van der Waals surface area contributed by atoms with E-state index in [2.05, 4.69) is 20.5 Å². The minimum atomic E-state index is -0.292. The normalized spacial score (nSPS) is 11.2. The summed E-state index contributed by atoms with van der Waals surface area (Å²) in [5, 5.41) is 4.64. The molecular formula is C22H17ClN4O. The molecule has 0 aliphatic heterocycles. The summed E-state index contributed by atoms with van der Waals surface area (Å²) >= 11 is 6.24. The molecule has 0 unspecified atom stereocenters. The van der Waals surface area contributed by atoms with Gasteiger partial charge in [-0.3, -0.25) is 4.79 Å². The van der Waals surface area contributed by atoms with E-state index in [-0.39, 0.29) is 5.91 Å². The van der Waals surface area contributed by atoms with Gasteiger partial charge < -0.3 is 4.98 Å². The number of carbonyl (C=O) groups excluding carboxylic acids is 1. The van der Waals surface area contributed by atoms with Crippen LogP contribution in [0.4, 0.5) is 0 Å². The van der Waals surface area contributed by atoms with Gasteiger partial charge in [0.05, 0.1) is 22.3 Å². The van der Waals surface area contributed by atoms with Gasteiger partial charge in [-0.1, -0.05) is 53.6 Å². The Morgan fingerprint density at radius 2 is 1.89 bits per heavy atom. The Labute approximate surface area is 167 Å². The first kappa shape index (κ1) is 17.9. The predicted octanol–water partition coefficient (Wildman–Crippen LogP) is 4.96. The highest BCUT2D eigenvalue weighted by molar-refractivity contribution is 6.33. The second-order valence-corrected chi connectivity index (χ2v) is 6.81. The number of aromatic nitrogens is 2. The third-order valence-electron chi connectivity index (χ3n) is 4.33. The van der Waals surface area contributed by atoms with Crippen molar-refractivity contribution in [1.29, 1.82) is 0 Å². The number of benzene rings is 3. The molecule has 0 aliphatic carbocycles. The van der Waals surface area contributed by atoms with Crippen LogP contribution in [0.1, 0.15) is 21.5 Å². The van der Waals surface area contributed by atoms with Crippen LogP contribution < -0.4 is 5.43 Å². The van der Waals surface area contributed by atoms with E-state index >= 15 is 0 Å². The van der Waals surface area contributed by atoms with Crippen molar-refractivity contribution in [3.05, 3.63) is 88.4 Å². The number of rotatable bonds is 4. The maximum atomic E-state index is 12.4. The number of H-pyrrole nitrogens is 1. The molecule has 4 aromatic rings. The summed E-state index contributed by atoms with van der Waals surface area (Å²) in [4.78, 5) is 20.2. The van der Waals surface area contributed by atoms with E-state index in [1.54, 1.807) is 24.4 Å². The Kier molecular flexibility index (Phi) is 4.91. The number of imidazole rings is 1. The third kappa shape index (κ3) is 3.80. The molecule has 5 nitrogen and oxygen atoms in total. The highest BCUT2D eigenvalue weighted by Gasteiger charge is 2.11. The summed E-state index contributed by atoms with van der Waals surface area (Å²) in [6, 6.07) is 20.6. The van der Waals surface area contributed by atoms with Crippen molar-refractivity contribution in [3.63, 3.8) is 0 Å². The van der Waals surface area contributed by atoms with Crippen molar-refractivity contribution in [2.75, 3.05) is 0 Å². The number of halogens is 1. The molecule has 4 rings (SSSR count). The van der Waals surface area contributed by atoms with E-state index in [9.17, 15) is 4.79 Å². The fourth-order valence-corrected chi connectivity index (χ4v) is 3.04. The van der Waals surface area contributed by atoms with Gasteiger partial charge in [-0.25, -0.2) is 10.4 Å². The number of aryl methyl sites for hydroxylation is 1. The number of hydrogen-bond donors (Lipinski definition) is 2. The van der Waals surface area contributed by atoms with Crippen molar-refractivity contribution in [1.82, 2.24) is 15.4 Å². The van der Waals surface area contributed by atoms with Gasteiger partial charge in [0.1, 0.15) is 5.82 Å². The number of hydrogen-bond acceptors (Lipinski definition) is 3. The van der Waals surface area contributed by atoms with Gasteiger partial charge in [-0.15, -0.1) is 0 Å². The minimum Gasteiger partial charge on any atom is -0.338 e. The van der Waals surface area contributed by atoms with Gasteiger partial charge in [0, 0.05) is 11.1 Å². The van der Waals surface area contributed by atoms with Gasteiger partial charge in [0.2, 0.25) is 0 Å². The van der Waals surface area contributed by atoms with Crippen molar-refractivity contribution in [3.8, 4) is 11.4 Å². The molecule has 0 fully saturated rings. The fourth-order valence-electron chi connectivity index (χ4n) is 2.81. The standard InChI is InChI=1S/C22H17ClN4O/c1-14-6-8-15(9-7-14)13-24-27-22(28)16-10-11-19-20(12-16)26-21(25-19)17-4-2-3-5-18(17)23/h2-13H,1H3,(H,25,26)(H,27,28)/b24-13+. The maximum absolute atomic E-state index is 12.4. The quantitative estimate of drug-likeness (QED) is 0.383. The number of nitrogens with zero attached hydrogens (tertiary/aromatic N) is 2. The van der Waals surface area contributed by atoms with Crippen molar-refractivity contribution in [2.24, 2.45) is 5.10 Å². The van der Waals surface area contributed by atoms with Gasteiger partial charge in [-0.05, 0) is 42.8 Å². The van der Waals surface area contributed by atoms with Crippen LogP contribution in [0.25, 0.3) is 22.4 Å². The van der Waals surface area contributed by atoms with E-state index in [1.165, 1.54) is 5.56 Å². The van der Waals surface area contributed by atoms with Gasteiger partial charge in [-0.2, -0.15) is 5.10 Å². The number of carbonyl (C=O) groups is 1. The van der Waals surface area contributed by atoms with Gasteiger partial charge in [0.25, 0.3) is 5.91 Å². The lowest BCUT2D eigenvalue weighted by molar-refractivity contribution is 0.0955. The highest BCUT2D eigenvalue weighted by atomic mass is 35.5. The number of nitrogens with one attached hydrogen (secondary N) is 2. The summed E-state index contributed by atoms with van der Waals surface area (Å²) in [7, 11) is 0. The van der Waals surface area contributed by atoms with Crippen LogP contribution in [0, 0.1) is 6.92 Å². The van der Waals surface area contributed by atoms with Gasteiger partial charge >= 0.3 is 0 Å². The molecule has 1 aromatic heterocycles. The van der Waals surface area contributed by atoms with E-state index in [0.717, 1.165) is 22.2 Å². The summed E-state index contributed by atoms with van der Waals surface area (Å²) in [5.41, 5.74) is 7.45. The minimum absolute atomic E-state index is 0.292. The summed E-state index contributed by atoms with van der Waals surface area (Å²) in [5.74, 6) is 0.370. The molecular weight excluding hydrogens is 372 g/mol. The molecule has 0 bridgehead atoms. The number of amides is 1. The molecule has 0 atom stereocenters. The Balaban J connectivity index is 1.53. The molecule has 3 aromatic carbocycles. The van der Waals surface area contributed by atoms with Crippen LogP contribution in [0.3, 0.4) is 0 Å². The second kappa shape index (κ2) is 7.66. The average Bonchev–Trinajstić information content (AvgIpc) is 3.12. The molecule has 2 N–H and O–H groups in total. The molecule has 0 spiro atoms. The first-order valence-corrected chi connectivity index (χ1v) is 9.13. The average molecular weight is 389 g/mol. The van der Waals surface area contributed by atoms with Gasteiger partial charge in [0.15, 0.2) is 0 Å². The molecule has 1 heterocycles. The van der Waals surface area contributed by atoms with Crippen LogP contribution in [-0.4, -0.2) is 22.1 Å². The first-order chi connectivity index (χ1) is 13.6. The number of hydrazone groups is 1. The zero-order valence-electron chi connectivity index (χ0n) is 15.1. The largest absolute Gasteiger partial charge is 0.338 e.